The summed E-state index contributed by atoms with van der Waals surface area (Å²) in [4.78, 5) is 25.8. The minimum Gasteiger partial charge on any atom is -0.444 e. The lowest BCUT2D eigenvalue weighted by atomic mass is 10.1. The van der Waals surface area contributed by atoms with Gasteiger partial charge in [0.2, 0.25) is 0 Å². The first kappa shape index (κ1) is 16.0. The maximum Gasteiger partial charge on any atom is 0.410 e. The Labute approximate surface area is 137 Å². The molecule has 4 nitrogen and oxygen atoms in total. The average molecular weight is 315 g/mol. The second-order valence-electron chi connectivity index (χ2n) is 7.91. The number of rotatable bonds is 5. The first-order valence-electron chi connectivity index (χ1n) is 8.34. The first-order chi connectivity index (χ1) is 10.8. The summed E-state index contributed by atoms with van der Waals surface area (Å²) in [5, 5.41) is 0. The lowest BCUT2D eigenvalue weighted by Gasteiger charge is -2.29. The Balaban J connectivity index is 1.74. The van der Waals surface area contributed by atoms with Crippen molar-refractivity contribution in [3.8, 4) is 0 Å². The van der Waals surface area contributed by atoms with Gasteiger partial charge in [0.15, 0.2) is 0 Å². The fourth-order valence-electron chi connectivity index (χ4n) is 3.04. The molecular formula is C19H25NO3. The number of carbonyl (C=O) groups excluding carboxylic acids is 2. The van der Waals surface area contributed by atoms with Crippen LogP contribution in [0.3, 0.4) is 0 Å². The highest BCUT2D eigenvalue weighted by Gasteiger charge is 2.52. The van der Waals surface area contributed by atoms with Crippen molar-refractivity contribution < 1.29 is 14.3 Å². The van der Waals surface area contributed by atoms with Crippen LogP contribution >= 0.6 is 0 Å². The van der Waals surface area contributed by atoms with Crippen molar-refractivity contribution in [2.45, 2.75) is 57.6 Å². The smallest absolute Gasteiger partial charge is 0.410 e. The number of carbonyl (C=O) groups is 2. The fraction of sp³-hybridized carbons (Fsp3) is 0.579. The van der Waals surface area contributed by atoms with Gasteiger partial charge in [-0.3, -0.25) is 0 Å². The van der Waals surface area contributed by atoms with Crippen molar-refractivity contribution in [1.29, 1.82) is 0 Å². The van der Waals surface area contributed by atoms with E-state index in [0.717, 1.165) is 25.5 Å². The molecule has 1 unspecified atom stereocenters. The van der Waals surface area contributed by atoms with Gasteiger partial charge in [0.05, 0.1) is 0 Å². The number of amides is 1. The van der Waals surface area contributed by atoms with Crippen LogP contribution in [0.2, 0.25) is 0 Å². The van der Waals surface area contributed by atoms with Gasteiger partial charge in [-0.05, 0) is 45.6 Å². The highest BCUT2D eigenvalue weighted by molar-refractivity contribution is 5.72. The van der Waals surface area contributed by atoms with Crippen molar-refractivity contribution in [1.82, 2.24) is 4.90 Å². The topological polar surface area (TPSA) is 46.6 Å². The summed E-state index contributed by atoms with van der Waals surface area (Å²) in [6, 6.07) is 10.4. The summed E-state index contributed by atoms with van der Waals surface area (Å²) in [6.07, 6.45) is 3.41. The summed E-state index contributed by atoms with van der Waals surface area (Å²) in [7, 11) is 0. The minimum absolute atomic E-state index is 0.143. The molecule has 23 heavy (non-hydrogen) atoms. The number of aldehydes is 1. The zero-order valence-electron chi connectivity index (χ0n) is 14.1. The molecule has 0 radical (unpaired) electrons. The van der Waals surface area contributed by atoms with E-state index in [1.807, 2.05) is 39.0 Å². The van der Waals surface area contributed by atoms with Gasteiger partial charge >= 0.3 is 6.09 Å². The lowest BCUT2D eigenvalue weighted by Crippen LogP contribution is -2.42. The summed E-state index contributed by atoms with van der Waals surface area (Å²) in [5.41, 5.74) is 0.396. The molecule has 2 fully saturated rings. The van der Waals surface area contributed by atoms with Gasteiger partial charge in [0.25, 0.3) is 0 Å². The molecular weight excluding hydrogens is 290 g/mol. The predicted molar refractivity (Wildman–Crippen MR) is 88.3 cm³/mol. The Morgan fingerprint density at radius 1 is 1.30 bits per heavy atom. The second kappa shape index (κ2) is 5.66. The van der Waals surface area contributed by atoms with E-state index in [4.69, 9.17) is 4.74 Å². The molecule has 0 heterocycles. The quantitative estimate of drug-likeness (QED) is 0.777. The van der Waals surface area contributed by atoms with Gasteiger partial charge in [-0.25, -0.2) is 4.79 Å². The average Bonchev–Trinajstić information content (AvgIpc) is 3.39. The van der Waals surface area contributed by atoms with Crippen LogP contribution in [0.5, 0.6) is 0 Å². The summed E-state index contributed by atoms with van der Waals surface area (Å²) < 4.78 is 5.57. The predicted octanol–water partition coefficient (Wildman–Crippen LogP) is 3.76. The number of hydrogen-bond donors (Lipinski definition) is 0. The van der Waals surface area contributed by atoms with E-state index in [-0.39, 0.29) is 17.6 Å². The number of benzene rings is 1. The van der Waals surface area contributed by atoms with Crippen LogP contribution < -0.4 is 0 Å². The molecule has 1 amide bonds. The maximum absolute atomic E-state index is 12.6. The third-order valence-electron chi connectivity index (χ3n) is 4.64. The zero-order valence-corrected chi connectivity index (χ0v) is 14.1. The molecule has 4 heteroatoms. The van der Waals surface area contributed by atoms with Crippen LogP contribution in [0.15, 0.2) is 30.3 Å². The molecule has 0 bridgehead atoms. The number of nitrogens with zero attached hydrogens (tertiary/aromatic N) is 1. The Bertz CT molecular complexity index is 586. The van der Waals surface area contributed by atoms with Gasteiger partial charge in [-0.15, -0.1) is 0 Å². The molecule has 0 spiro atoms. The number of ether oxygens (including phenoxy) is 1. The van der Waals surface area contributed by atoms with Crippen molar-refractivity contribution in [2.24, 2.45) is 5.41 Å². The third-order valence-corrected chi connectivity index (χ3v) is 4.64. The van der Waals surface area contributed by atoms with Crippen LogP contribution in [-0.2, 0) is 9.53 Å². The van der Waals surface area contributed by atoms with E-state index >= 15 is 0 Å². The van der Waals surface area contributed by atoms with Gasteiger partial charge in [0, 0.05) is 23.9 Å². The first-order valence-corrected chi connectivity index (χ1v) is 8.34. The molecule has 0 N–H and O–H groups in total. The maximum atomic E-state index is 12.6. The minimum atomic E-state index is -0.523. The standard InChI is InChI=1S/C19H25NO3/c1-18(2,3)23-17(22)20(12-19(13-21)9-10-19)16-11-15(16)14-7-5-4-6-8-14/h4-8,13,15-16H,9-12H2,1-3H3/t15-,16?/m1/s1. The largest absolute Gasteiger partial charge is 0.444 e. The summed E-state index contributed by atoms with van der Waals surface area (Å²) >= 11 is 0. The second-order valence-corrected chi connectivity index (χ2v) is 7.91. The summed E-state index contributed by atoms with van der Waals surface area (Å²) in [5.74, 6) is 0.353. The van der Waals surface area contributed by atoms with Gasteiger partial charge < -0.3 is 14.4 Å². The molecule has 0 saturated heterocycles. The van der Waals surface area contributed by atoms with Gasteiger partial charge in [-0.2, -0.15) is 0 Å². The van der Waals surface area contributed by atoms with E-state index in [1.54, 1.807) is 4.90 Å². The van der Waals surface area contributed by atoms with Crippen LogP contribution in [-0.4, -0.2) is 35.5 Å². The van der Waals surface area contributed by atoms with Crippen LogP contribution in [0.1, 0.15) is 51.5 Å². The normalized spacial score (nSPS) is 24.7. The molecule has 2 aliphatic rings. The van der Waals surface area contributed by atoms with E-state index in [2.05, 4.69) is 12.1 Å². The Morgan fingerprint density at radius 2 is 1.96 bits per heavy atom. The Hall–Kier alpha value is -1.84. The SMILES string of the molecule is CC(C)(C)OC(=O)N(CC1(C=O)CC1)C1C[C@@H]1c1ccccc1. The molecule has 1 aromatic rings. The number of hydrogen-bond acceptors (Lipinski definition) is 3. The van der Waals surface area contributed by atoms with E-state index in [9.17, 15) is 9.59 Å². The van der Waals surface area contributed by atoms with E-state index in [0.29, 0.717) is 12.5 Å². The van der Waals surface area contributed by atoms with Crippen LogP contribution in [0.4, 0.5) is 4.79 Å². The van der Waals surface area contributed by atoms with Crippen LogP contribution in [0, 0.1) is 5.41 Å². The zero-order chi connectivity index (χ0) is 16.7. The Kier molecular flexibility index (Phi) is 3.95. The van der Waals surface area contributed by atoms with Gasteiger partial charge in [0.1, 0.15) is 11.9 Å². The van der Waals surface area contributed by atoms with E-state index < -0.39 is 5.60 Å². The molecule has 0 aromatic heterocycles. The fourth-order valence-corrected chi connectivity index (χ4v) is 3.04. The molecule has 2 saturated carbocycles. The lowest BCUT2D eigenvalue weighted by molar-refractivity contribution is -0.112. The van der Waals surface area contributed by atoms with Gasteiger partial charge in [-0.1, -0.05) is 30.3 Å². The monoisotopic (exact) mass is 315 g/mol. The molecule has 1 aromatic carbocycles. The highest BCUT2D eigenvalue weighted by Crippen LogP contribution is 2.50. The van der Waals surface area contributed by atoms with Crippen LogP contribution in [0.25, 0.3) is 0 Å². The van der Waals surface area contributed by atoms with Crippen molar-refractivity contribution >= 4 is 12.4 Å². The van der Waals surface area contributed by atoms with Crippen molar-refractivity contribution in [2.75, 3.05) is 6.54 Å². The molecule has 3 rings (SSSR count). The summed E-state index contributed by atoms with van der Waals surface area (Å²) in [6.45, 7) is 6.10. The van der Waals surface area contributed by atoms with Crippen molar-refractivity contribution in [3.05, 3.63) is 35.9 Å². The molecule has 2 aliphatic carbocycles. The van der Waals surface area contributed by atoms with E-state index in [1.165, 1.54) is 5.56 Å². The Morgan fingerprint density at radius 3 is 2.48 bits per heavy atom. The molecule has 0 aliphatic heterocycles. The van der Waals surface area contributed by atoms with Crippen molar-refractivity contribution in [3.63, 3.8) is 0 Å². The highest BCUT2D eigenvalue weighted by atomic mass is 16.6. The molecule has 2 atom stereocenters. The molecule has 124 valence electrons. The third kappa shape index (κ3) is 3.74.